The summed E-state index contributed by atoms with van der Waals surface area (Å²) >= 11 is 8.06. The molecule has 1 aliphatic heterocycles. The number of aromatic nitrogens is 2. The zero-order valence-electron chi connectivity index (χ0n) is 18.5. The molecule has 1 atom stereocenters. The molecular formula is C24H25ClN6O2S. The average Bonchev–Trinajstić information content (AvgIpc) is 3.36. The smallest absolute Gasteiger partial charge is 0.246 e. The Balaban J connectivity index is 1.52. The Morgan fingerprint density at radius 2 is 2.26 bits per heavy atom. The van der Waals surface area contributed by atoms with Crippen LogP contribution in [0.25, 0.3) is 0 Å². The predicted octanol–water partition coefficient (Wildman–Crippen LogP) is 4.36. The number of benzene rings is 1. The Morgan fingerprint density at radius 1 is 1.41 bits per heavy atom. The van der Waals surface area contributed by atoms with Gasteiger partial charge in [-0.15, -0.1) is 11.3 Å². The fraction of sp³-hybridized carbons (Fsp3) is 0.250. The van der Waals surface area contributed by atoms with E-state index in [-0.39, 0.29) is 23.5 Å². The molecule has 4 rings (SSSR count). The second-order valence-corrected chi connectivity index (χ2v) is 9.28. The zero-order chi connectivity index (χ0) is 24.1. The van der Waals surface area contributed by atoms with E-state index in [1.54, 1.807) is 34.4 Å². The maximum atomic E-state index is 12.0. The summed E-state index contributed by atoms with van der Waals surface area (Å²) in [7, 11) is 0. The van der Waals surface area contributed by atoms with Gasteiger partial charge in [0.05, 0.1) is 16.3 Å². The number of carbonyl (C=O) groups excluding carboxylic acids is 1. The number of hydrogen-bond acceptors (Lipinski definition) is 8. The van der Waals surface area contributed by atoms with E-state index in [0.717, 1.165) is 17.7 Å². The third-order valence-corrected chi connectivity index (χ3v) is 6.69. The molecule has 0 bridgehead atoms. The lowest BCUT2D eigenvalue weighted by atomic mass is 10.0. The first-order valence-corrected chi connectivity index (χ1v) is 12.0. The predicted molar refractivity (Wildman–Crippen MR) is 136 cm³/mol. The molecule has 1 fully saturated rings. The molecule has 1 aliphatic rings. The Bertz CT molecular complexity index is 1200. The molecule has 0 radical (unpaired) electrons. The van der Waals surface area contributed by atoms with Crippen LogP contribution in [0.3, 0.4) is 0 Å². The molecular weight excluding hydrogens is 472 g/mol. The van der Waals surface area contributed by atoms with E-state index in [9.17, 15) is 4.79 Å². The minimum absolute atomic E-state index is 0.0323. The van der Waals surface area contributed by atoms with E-state index in [4.69, 9.17) is 27.5 Å². The molecule has 176 valence electrons. The summed E-state index contributed by atoms with van der Waals surface area (Å²) in [6.45, 7) is 5.20. The van der Waals surface area contributed by atoms with E-state index < -0.39 is 0 Å². The first-order valence-electron chi connectivity index (χ1n) is 10.8. The summed E-state index contributed by atoms with van der Waals surface area (Å²) in [6.07, 6.45) is 4.40. The van der Waals surface area contributed by atoms with Crippen LogP contribution in [0, 0.1) is 5.41 Å². The molecule has 0 aliphatic carbocycles. The number of nitrogens with two attached hydrogens (primary N) is 1. The lowest BCUT2D eigenvalue weighted by Crippen LogP contribution is -2.44. The second-order valence-electron chi connectivity index (χ2n) is 7.84. The van der Waals surface area contributed by atoms with Gasteiger partial charge in [0.2, 0.25) is 5.91 Å². The van der Waals surface area contributed by atoms with Gasteiger partial charge in [-0.05, 0) is 48.6 Å². The molecule has 34 heavy (non-hydrogen) atoms. The summed E-state index contributed by atoms with van der Waals surface area (Å²) < 4.78 is 5.82. The summed E-state index contributed by atoms with van der Waals surface area (Å²) in [5, 5.41) is 14.6. The van der Waals surface area contributed by atoms with Crippen LogP contribution in [0.4, 0.5) is 11.6 Å². The molecule has 0 spiro atoms. The van der Waals surface area contributed by atoms with Gasteiger partial charge in [-0.25, -0.2) is 9.97 Å². The summed E-state index contributed by atoms with van der Waals surface area (Å²) in [4.78, 5) is 23.3. The average molecular weight is 497 g/mol. The third-order valence-electron chi connectivity index (χ3n) is 5.55. The second kappa shape index (κ2) is 10.7. The highest BCUT2D eigenvalue weighted by Crippen LogP contribution is 2.30. The van der Waals surface area contributed by atoms with Crippen molar-refractivity contribution >= 4 is 46.2 Å². The molecule has 3 heterocycles. The molecule has 8 nitrogen and oxygen atoms in total. The number of thiophene rings is 1. The highest BCUT2D eigenvalue weighted by Gasteiger charge is 2.25. The Kier molecular flexibility index (Phi) is 7.44. The van der Waals surface area contributed by atoms with Gasteiger partial charge in [0.1, 0.15) is 30.3 Å². The van der Waals surface area contributed by atoms with E-state index in [2.05, 4.69) is 21.9 Å². The number of carbonyl (C=O) groups is 1. The van der Waals surface area contributed by atoms with Gasteiger partial charge in [-0.3, -0.25) is 10.2 Å². The Morgan fingerprint density at radius 3 is 3.00 bits per heavy atom. The van der Waals surface area contributed by atoms with Crippen LogP contribution in [0.15, 0.2) is 54.7 Å². The molecule has 3 aromatic rings. The molecule has 10 heteroatoms. The van der Waals surface area contributed by atoms with E-state index in [1.807, 2.05) is 17.5 Å². The number of hydrogen-bond donors (Lipinski definition) is 3. The SMILES string of the molecule is C=CC(=O)N1CCCC(Nc2ncnc(N)c2C(=N)c2ccc(OCc3cccs3)c(Cl)c2)C1. The maximum absolute atomic E-state index is 12.0. The third kappa shape index (κ3) is 5.37. The molecule has 1 saturated heterocycles. The standard InChI is InChI=1S/C24H25ClN6O2S/c1-2-20(32)31-9-3-5-16(12-31)30-24-21(23(27)28-14-29-24)22(26)15-7-8-19(18(25)11-15)33-13-17-6-4-10-34-17/h2,4,6-8,10-11,14,16,26H,1,3,5,9,12-13H2,(H3,27,28,29,30). The van der Waals surface area contributed by atoms with Crippen molar-refractivity contribution in [1.29, 1.82) is 5.41 Å². The molecule has 0 saturated carbocycles. The highest BCUT2D eigenvalue weighted by atomic mass is 35.5. The lowest BCUT2D eigenvalue weighted by Gasteiger charge is -2.33. The quantitative estimate of drug-likeness (QED) is 0.315. The number of nitrogens with zero attached hydrogens (tertiary/aromatic N) is 3. The van der Waals surface area contributed by atoms with Gasteiger partial charge in [-0.1, -0.05) is 24.2 Å². The molecule has 1 aromatic carbocycles. The van der Waals surface area contributed by atoms with Crippen LogP contribution in [0.5, 0.6) is 5.75 Å². The van der Waals surface area contributed by atoms with Crippen molar-refractivity contribution in [3.05, 3.63) is 75.7 Å². The number of likely N-dealkylation sites (tertiary alicyclic amines) is 1. The number of amides is 1. The normalized spacial score (nSPS) is 15.6. The van der Waals surface area contributed by atoms with Crippen molar-refractivity contribution in [2.75, 3.05) is 24.1 Å². The van der Waals surface area contributed by atoms with Crippen molar-refractivity contribution in [3.8, 4) is 5.75 Å². The minimum atomic E-state index is -0.0994. The highest BCUT2D eigenvalue weighted by molar-refractivity contribution is 7.09. The first kappa shape index (κ1) is 23.7. The summed E-state index contributed by atoms with van der Waals surface area (Å²) in [5.41, 5.74) is 7.25. The fourth-order valence-electron chi connectivity index (χ4n) is 3.83. The van der Waals surface area contributed by atoms with Crippen molar-refractivity contribution < 1.29 is 9.53 Å². The number of anilines is 2. The van der Waals surface area contributed by atoms with Crippen molar-refractivity contribution in [2.45, 2.75) is 25.5 Å². The summed E-state index contributed by atoms with van der Waals surface area (Å²) in [6, 6.07) is 9.11. The molecule has 2 aromatic heterocycles. The largest absolute Gasteiger partial charge is 0.487 e. The van der Waals surface area contributed by atoms with Gasteiger partial charge in [0, 0.05) is 29.6 Å². The topological polar surface area (TPSA) is 117 Å². The summed E-state index contributed by atoms with van der Waals surface area (Å²) in [5.74, 6) is 1.07. The van der Waals surface area contributed by atoms with Crippen LogP contribution >= 0.6 is 22.9 Å². The van der Waals surface area contributed by atoms with Gasteiger partial charge in [0.15, 0.2) is 0 Å². The van der Waals surface area contributed by atoms with Gasteiger partial charge < -0.3 is 20.7 Å². The number of halogens is 1. The lowest BCUT2D eigenvalue weighted by molar-refractivity contribution is -0.127. The van der Waals surface area contributed by atoms with E-state index >= 15 is 0 Å². The van der Waals surface area contributed by atoms with E-state index in [1.165, 1.54) is 12.4 Å². The minimum Gasteiger partial charge on any atom is -0.487 e. The van der Waals surface area contributed by atoms with Crippen molar-refractivity contribution in [3.63, 3.8) is 0 Å². The van der Waals surface area contributed by atoms with Crippen molar-refractivity contribution in [1.82, 2.24) is 14.9 Å². The van der Waals surface area contributed by atoms with Gasteiger partial charge in [-0.2, -0.15) is 0 Å². The molecule has 1 amide bonds. The number of nitrogens with one attached hydrogen (secondary N) is 2. The Labute approximate surface area is 206 Å². The number of rotatable bonds is 8. The van der Waals surface area contributed by atoms with Crippen LogP contribution in [0.1, 0.15) is 28.8 Å². The van der Waals surface area contributed by atoms with Gasteiger partial charge >= 0.3 is 0 Å². The molecule has 1 unspecified atom stereocenters. The Hall–Kier alpha value is -3.43. The maximum Gasteiger partial charge on any atom is 0.246 e. The fourth-order valence-corrected chi connectivity index (χ4v) is 4.69. The first-order chi connectivity index (χ1) is 16.5. The van der Waals surface area contributed by atoms with E-state index in [0.29, 0.717) is 47.4 Å². The zero-order valence-corrected chi connectivity index (χ0v) is 20.0. The van der Waals surface area contributed by atoms with Crippen LogP contribution in [-0.2, 0) is 11.4 Å². The number of nitrogen functional groups attached to an aromatic ring is 1. The van der Waals surface area contributed by atoms with Gasteiger partial charge in [0.25, 0.3) is 0 Å². The van der Waals surface area contributed by atoms with Crippen molar-refractivity contribution in [2.24, 2.45) is 0 Å². The molecule has 4 N–H and O–H groups in total. The number of ether oxygens (including phenoxy) is 1. The van der Waals surface area contributed by atoms with Crippen LogP contribution < -0.4 is 15.8 Å². The monoisotopic (exact) mass is 496 g/mol. The number of piperidine rings is 1. The van der Waals surface area contributed by atoms with Crippen LogP contribution in [-0.4, -0.2) is 45.6 Å². The van der Waals surface area contributed by atoms with Crippen LogP contribution in [0.2, 0.25) is 5.02 Å².